The Kier molecular flexibility index (Phi) is 11.1. The Morgan fingerprint density at radius 2 is 1.60 bits per heavy atom. The summed E-state index contributed by atoms with van der Waals surface area (Å²) in [5.74, 6) is 2.32. The fourth-order valence-corrected chi connectivity index (χ4v) is 7.34. The maximum atomic E-state index is 11.3. The molecule has 5 rings (SSSR count). The molecule has 1 aromatic heterocycles. The van der Waals surface area contributed by atoms with Crippen LogP contribution in [0, 0.1) is 12.8 Å². The minimum absolute atomic E-state index is 0.103. The molecule has 3 aromatic carbocycles. The third-order valence-electron chi connectivity index (χ3n) is 8.96. The van der Waals surface area contributed by atoms with Gasteiger partial charge in [0.05, 0.1) is 11.6 Å². The summed E-state index contributed by atoms with van der Waals surface area (Å²) in [5, 5.41) is 20.0. The Morgan fingerprint density at radius 1 is 0.911 bits per heavy atom. The normalized spacial score (nSPS) is 18.5. The van der Waals surface area contributed by atoms with E-state index in [1.807, 2.05) is 38.0 Å². The number of nitrogens with one attached hydrogen (secondary N) is 2. The second kappa shape index (κ2) is 15.0. The average molecular weight is 626 g/mol. The van der Waals surface area contributed by atoms with Crippen LogP contribution in [0.15, 0.2) is 77.7 Å². The molecule has 2 unspecified atom stereocenters. The number of nitrogens with zero attached hydrogens (tertiary/aromatic N) is 3. The van der Waals surface area contributed by atoms with Crippen LogP contribution in [0.25, 0.3) is 10.9 Å². The molecule has 45 heavy (non-hydrogen) atoms. The van der Waals surface area contributed by atoms with Crippen molar-refractivity contribution in [3.8, 4) is 0 Å². The van der Waals surface area contributed by atoms with Crippen molar-refractivity contribution in [2.45, 2.75) is 87.5 Å². The van der Waals surface area contributed by atoms with Gasteiger partial charge in [0.1, 0.15) is 5.82 Å². The molecule has 1 aliphatic carbocycles. The van der Waals surface area contributed by atoms with Crippen LogP contribution in [0.3, 0.4) is 0 Å². The van der Waals surface area contributed by atoms with Crippen LogP contribution < -0.4 is 15.5 Å². The summed E-state index contributed by atoms with van der Waals surface area (Å²) in [5.41, 5.74) is 4.63. The number of rotatable bonds is 12. The van der Waals surface area contributed by atoms with Gasteiger partial charge >= 0.3 is 0 Å². The van der Waals surface area contributed by atoms with Crippen LogP contribution in [0.2, 0.25) is 0 Å². The van der Waals surface area contributed by atoms with Crippen LogP contribution in [0.1, 0.15) is 75.7 Å². The molecule has 0 bridgehead atoms. The van der Waals surface area contributed by atoms with Crippen molar-refractivity contribution in [2.24, 2.45) is 5.92 Å². The van der Waals surface area contributed by atoms with Crippen LogP contribution in [-0.2, 0) is 5.41 Å². The lowest BCUT2D eigenvalue weighted by Gasteiger charge is -2.30. The number of hydrogen-bond donors (Lipinski definition) is 3. The Balaban J connectivity index is 1.14. The van der Waals surface area contributed by atoms with Gasteiger partial charge in [-0.2, -0.15) is 4.98 Å². The molecule has 240 valence electrons. The van der Waals surface area contributed by atoms with E-state index in [-0.39, 0.29) is 10.7 Å². The minimum atomic E-state index is -0.490. The first-order valence-electron chi connectivity index (χ1n) is 16.5. The van der Waals surface area contributed by atoms with Gasteiger partial charge in [-0.25, -0.2) is 4.98 Å². The number of hydrogen-bond acceptors (Lipinski definition) is 7. The van der Waals surface area contributed by atoms with Gasteiger partial charge in [-0.15, -0.1) is 11.8 Å². The molecule has 0 spiro atoms. The number of aliphatic hydroxyl groups excluding tert-OH is 1. The first kappa shape index (κ1) is 33.2. The monoisotopic (exact) mass is 625 g/mol. The molecule has 1 aliphatic rings. The smallest absolute Gasteiger partial charge is 0.225 e. The number of thioether (sulfide) groups is 1. The second-order valence-electron chi connectivity index (χ2n) is 14.0. The highest BCUT2D eigenvalue weighted by molar-refractivity contribution is 8.00. The summed E-state index contributed by atoms with van der Waals surface area (Å²) < 4.78 is 0. The van der Waals surface area contributed by atoms with E-state index in [4.69, 9.17) is 9.97 Å². The summed E-state index contributed by atoms with van der Waals surface area (Å²) in [6.45, 7) is 10.7. The number of fused-ring (bicyclic) bond motifs is 1. The molecular formula is C38H51N5OS. The molecular weight excluding hydrogens is 575 g/mol. The Hall–Kier alpha value is -3.13. The van der Waals surface area contributed by atoms with E-state index in [1.54, 1.807) is 0 Å². The van der Waals surface area contributed by atoms with Gasteiger partial charge in [0.2, 0.25) is 5.95 Å². The van der Waals surface area contributed by atoms with E-state index in [0.29, 0.717) is 18.4 Å². The SMILES string of the molecule is Cc1ccc(SC(CNC[C@H]2CC[C@@H](Nc3nc(N(C)C)c4ccccc4n3)CC2)CC(O)c2ccc(C(C)(C)C)cc2)cc1. The Bertz CT molecular complexity index is 1510. The van der Waals surface area contributed by atoms with Crippen LogP contribution >= 0.6 is 11.8 Å². The van der Waals surface area contributed by atoms with E-state index in [2.05, 4.69) is 104 Å². The van der Waals surface area contributed by atoms with Crippen molar-refractivity contribution >= 4 is 34.4 Å². The third kappa shape index (κ3) is 9.21. The van der Waals surface area contributed by atoms with E-state index in [9.17, 15) is 5.11 Å². The Labute approximate surface area is 274 Å². The van der Waals surface area contributed by atoms with E-state index >= 15 is 0 Å². The summed E-state index contributed by atoms with van der Waals surface area (Å²) in [6.07, 6.45) is 4.80. The lowest BCUT2D eigenvalue weighted by Crippen LogP contribution is -2.34. The summed E-state index contributed by atoms with van der Waals surface area (Å²) in [7, 11) is 4.07. The molecule has 0 aliphatic heterocycles. The third-order valence-corrected chi connectivity index (χ3v) is 10.2. The minimum Gasteiger partial charge on any atom is -0.388 e. The summed E-state index contributed by atoms with van der Waals surface area (Å²) in [6, 6.07) is 25.9. The standard InChI is InChI=1S/C38H51N5OS/c1-26-11-21-31(22-12-26)45-32(23-35(44)28-15-17-29(18-16-28)38(2,3)4)25-39-24-27-13-19-30(20-14-27)40-37-41-34-10-8-7-9-33(34)36(42-37)43(5)6/h7-12,15-18,21-22,27,30,32,35,39,44H,13-14,19-20,23-25H2,1-6H3,(H,40,41,42)/t27-,30+,32?,35?. The second-order valence-corrected chi connectivity index (χ2v) is 15.4. The molecule has 0 radical (unpaired) electrons. The molecule has 1 fully saturated rings. The lowest BCUT2D eigenvalue weighted by molar-refractivity contribution is 0.166. The van der Waals surface area contributed by atoms with Crippen molar-refractivity contribution in [1.29, 1.82) is 0 Å². The van der Waals surface area contributed by atoms with Crippen molar-refractivity contribution in [2.75, 3.05) is 37.4 Å². The van der Waals surface area contributed by atoms with Gasteiger partial charge in [-0.1, -0.05) is 74.9 Å². The quantitative estimate of drug-likeness (QED) is 0.137. The summed E-state index contributed by atoms with van der Waals surface area (Å²) >= 11 is 1.87. The zero-order valence-electron chi connectivity index (χ0n) is 27.9. The van der Waals surface area contributed by atoms with Gasteiger partial charge < -0.3 is 20.6 Å². The van der Waals surface area contributed by atoms with Crippen LogP contribution in [0.5, 0.6) is 0 Å². The van der Waals surface area contributed by atoms with Crippen LogP contribution in [-0.4, -0.2) is 53.6 Å². The highest BCUT2D eigenvalue weighted by Crippen LogP contribution is 2.32. The predicted octanol–water partition coefficient (Wildman–Crippen LogP) is 8.15. The van der Waals surface area contributed by atoms with E-state index in [1.165, 1.54) is 28.9 Å². The summed E-state index contributed by atoms with van der Waals surface area (Å²) in [4.78, 5) is 13.0. The Morgan fingerprint density at radius 3 is 2.27 bits per heavy atom. The maximum Gasteiger partial charge on any atom is 0.225 e. The molecule has 0 amide bonds. The molecule has 1 saturated carbocycles. The number of anilines is 2. The average Bonchev–Trinajstić information content (AvgIpc) is 3.02. The number of aryl methyl sites for hydroxylation is 1. The van der Waals surface area contributed by atoms with Crippen molar-refractivity contribution < 1.29 is 5.11 Å². The zero-order chi connectivity index (χ0) is 32.0. The molecule has 2 atom stereocenters. The zero-order valence-corrected chi connectivity index (χ0v) is 28.7. The van der Waals surface area contributed by atoms with E-state index in [0.717, 1.165) is 54.2 Å². The van der Waals surface area contributed by atoms with Gasteiger partial charge in [0.15, 0.2) is 0 Å². The van der Waals surface area contributed by atoms with Gasteiger partial charge in [-0.3, -0.25) is 0 Å². The topological polar surface area (TPSA) is 73.3 Å². The number of aliphatic hydroxyl groups is 1. The molecule has 6 nitrogen and oxygen atoms in total. The fraction of sp³-hybridized carbons (Fsp3) is 0.474. The largest absolute Gasteiger partial charge is 0.388 e. The van der Waals surface area contributed by atoms with Gasteiger partial charge in [-0.05, 0) is 92.3 Å². The number of para-hydroxylation sites is 1. The van der Waals surface area contributed by atoms with Gasteiger partial charge in [0, 0.05) is 42.2 Å². The van der Waals surface area contributed by atoms with E-state index < -0.39 is 6.10 Å². The molecule has 0 saturated heterocycles. The predicted molar refractivity (Wildman–Crippen MR) is 192 cm³/mol. The van der Waals surface area contributed by atoms with Crippen LogP contribution in [0.4, 0.5) is 11.8 Å². The molecule has 4 aromatic rings. The van der Waals surface area contributed by atoms with Crippen molar-refractivity contribution in [3.63, 3.8) is 0 Å². The highest BCUT2D eigenvalue weighted by atomic mass is 32.2. The van der Waals surface area contributed by atoms with Gasteiger partial charge in [0.25, 0.3) is 0 Å². The fourth-order valence-electron chi connectivity index (χ4n) is 6.18. The molecule has 3 N–H and O–H groups in total. The number of benzene rings is 3. The molecule has 1 heterocycles. The van der Waals surface area contributed by atoms with Crippen molar-refractivity contribution in [1.82, 2.24) is 15.3 Å². The highest BCUT2D eigenvalue weighted by Gasteiger charge is 2.24. The first-order valence-corrected chi connectivity index (χ1v) is 17.4. The molecule has 7 heteroatoms. The first-order chi connectivity index (χ1) is 21.5. The maximum absolute atomic E-state index is 11.3. The van der Waals surface area contributed by atoms with Crippen molar-refractivity contribution in [3.05, 3.63) is 89.5 Å². The lowest BCUT2D eigenvalue weighted by atomic mass is 9.86. The number of aromatic nitrogens is 2.